The molecule has 0 aliphatic rings. The summed E-state index contributed by atoms with van der Waals surface area (Å²) in [5.74, 6) is -1.05. The fraction of sp³-hybridized carbons (Fsp3) is 0.444. The van der Waals surface area contributed by atoms with Crippen LogP contribution in [-0.4, -0.2) is 42.5 Å². The van der Waals surface area contributed by atoms with Crippen LogP contribution < -0.4 is 4.74 Å². The van der Waals surface area contributed by atoms with E-state index in [1.54, 1.807) is 26.8 Å². The molecule has 0 heterocycles. The van der Waals surface area contributed by atoms with Gasteiger partial charge in [0.25, 0.3) is 0 Å². The van der Waals surface area contributed by atoms with Crippen LogP contribution in [0.25, 0.3) is 0 Å². The van der Waals surface area contributed by atoms with Crippen LogP contribution in [-0.2, 0) is 24.7 Å². The highest BCUT2D eigenvalue weighted by molar-refractivity contribution is 5.87. The molecule has 0 aliphatic heterocycles. The van der Waals surface area contributed by atoms with Gasteiger partial charge in [-0.1, -0.05) is 6.08 Å². The number of aromatic hydroxyl groups is 1. The van der Waals surface area contributed by atoms with Crippen LogP contribution in [0.4, 0.5) is 0 Å². The monoisotopic (exact) mass is 352 g/mol. The lowest BCUT2D eigenvalue weighted by atomic mass is 9.93. The third kappa shape index (κ3) is 5.22. The second kappa shape index (κ2) is 8.53. The Balaban J connectivity index is 3.23. The molecular formula is C18H24O7. The molecule has 0 bridgehead atoms. The van der Waals surface area contributed by atoms with Crippen molar-refractivity contribution in [3.05, 3.63) is 34.9 Å². The number of benzene rings is 1. The van der Waals surface area contributed by atoms with Gasteiger partial charge in [-0.05, 0) is 38.5 Å². The van der Waals surface area contributed by atoms with Crippen molar-refractivity contribution in [2.75, 3.05) is 20.3 Å². The Hall–Kier alpha value is -2.54. The van der Waals surface area contributed by atoms with Crippen LogP contribution in [0, 0.1) is 6.92 Å². The van der Waals surface area contributed by atoms with Gasteiger partial charge in [0.2, 0.25) is 0 Å². The second-order valence-electron chi connectivity index (χ2n) is 5.70. The quantitative estimate of drug-likeness (QED) is 0.571. The zero-order valence-electron chi connectivity index (χ0n) is 15.1. The largest absolute Gasteiger partial charge is 0.508 e. The number of rotatable bonds is 7. The summed E-state index contributed by atoms with van der Waals surface area (Å²) in [7, 11) is 1.45. The summed E-state index contributed by atoms with van der Waals surface area (Å²) in [6.07, 6.45) is 1.57. The van der Waals surface area contributed by atoms with Gasteiger partial charge < -0.3 is 24.4 Å². The zero-order chi connectivity index (χ0) is 19.2. The molecule has 7 nitrogen and oxygen atoms in total. The van der Waals surface area contributed by atoms with Crippen LogP contribution in [0.5, 0.6) is 11.5 Å². The number of methoxy groups -OCH3 is 1. The number of hydrogen-bond acceptors (Lipinski definition) is 7. The Morgan fingerprint density at radius 2 is 1.80 bits per heavy atom. The molecule has 0 saturated carbocycles. The lowest BCUT2D eigenvalue weighted by molar-refractivity contribution is -0.161. The Morgan fingerprint density at radius 1 is 1.20 bits per heavy atom. The Morgan fingerprint density at radius 3 is 2.32 bits per heavy atom. The van der Waals surface area contributed by atoms with E-state index < -0.39 is 30.8 Å². The van der Waals surface area contributed by atoms with Crippen molar-refractivity contribution in [3.63, 3.8) is 0 Å². The van der Waals surface area contributed by atoms with Crippen LogP contribution >= 0.6 is 0 Å². The molecular weight excluding hydrogens is 328 g/mol. The average molecular weight is 352 g/mol. The average Bonchev–Trinajstić information content (AvgIpc) is 2.57. The highest BCUT2D eigenvalue weighted by Crippen LogP contribution is 2.35. The van der Waals surface area contributed by atoms with E-state index in [0.29, 0.717) is 16.9 Å². The fourth-order valence-corrected chi connectivity index (χ4v) is 2.10. The standard InChI is InChI=1S/C18H24O7/c1-6-11(2)17(21)25-10-18(22,9-24-13(4)19)14-8-16(23-5)12(3)7-15(14)20/h6-8,20,22H,9-10H2,1-5H3/b11-6+/t18-/m1/s1. The number of phenolic OH excluding ortho intramolecular Hbond substituents is 1. The van der Waals surface area contributed by atoms with Gasteiger partial charge in [0.1, 0.15) is 24.7 Å². The number of hydrogen-bond donors (Lipinski definition) is 2. The molecule has 0 saturated heterocycles. The lowest BCUT2D eigenvalue weighted by Crippen LogP contribution is -2.38. The molecule has 1 aromatic carbocycles. The first kappa shape index (κ1) is 20.5. The lowest BCUT2D eigenvalue weighted by Gasteiger charge is -2.29. The van der Waals surface area contributed by atoms with Gasteiger partial charge in [-0.25, -0.2) is 4.79 Å². The number of carbonyl (C=O) groups excluding carboxylic acids is 2. The molecule has 7 heteroatoms. The number of allylic oxidation sites excluding steroid dienone is 1. The summed E-state index contributed by atoms with van der Waals surface area (Å²) in [6.45, 7) is 5.15. The van der Waals surface area contributed by atoms with E-state index in [-0.39, 0.29) is 11.3 Å². The predicted octanol–water partition coefficient (Wildman–Crippen LogP) is 1.97. The summed E-state index contributed by atoms with van der Waals surface area (Å²) in [6, 6.07) is 2.83. The summed E-state index contributed by atoms with van der Waals surface area (Å²) in [4.78, 5) is 23.0. The second-order valence-corrected chi connectivity index (χ2v) is 5.70. The van der Waals surface area contributed by atoms with Crippen molar-refractivity contribution in [3.8, 4) is 11.5 Å². The normalized spacial score (nSPS) is 13.8. The molecule has 138 valence electrons. The SMILES string of the molecule is C/C=C(\C)C(=O)OC[C@](O)(COC(C)=O)c1cc(OC)c(C)cc1O. The minimum atomic E-state index is -1.93. The van der Waals surface area contributed by atoms with Gasteiger partial charge >= 0.3 is 11.9 Å². The van der Waals surface area contributed by atoms with Crippen molar-refractivity contribution in [2.45, 2.75) is 33.3 Å². The Bertz CT molecular complexity index is 678. The van der Waals surface area contributed by atoms with Crippen LogP contribution in [0.1, 0.15) is 31.9 Å². The first-order valence-electron chi connectivity index (χ1n) is 7.68. The molecule has 0 aliphatic carbocycles. The number of carbonyl (C=O) groups is 2. The fourth-order valence-electron chi connectivity index (χ4n) is 2.10. The summed E-state index contributed by atoms with van der Waals surface area (Å²) in [5, 5.41) is 21.2. The molecule has 0 unspecified atom stereocenters. The topological polar surface area (TPSA) is 102 Å². The van der Waals surface area contributed by atoms with E-state index >= 15 is 0 Å². The van der Waals surface area contributed by atoms with E-state index in [9.17, 15) is 19.8 Å². The minimum Gasteiger partial charge on any atom is -0.508 e. The number of esters is 2. The maximum Gasteiger partial charge on any atom is 0.333 e. The number of aliphatic hydroxyl groups is 1. The maximum absolute atomic E-state index is 11.9. The first-order valence-corrected chi connectivity index (χ1v) is 7.68. The van der Waals surface area contributed by atoms with Crippen LogP contribution in [0.2, 0.25) is 0 Å². The van der Waals surface area contributed by atoms with E-state index in [0.717, 1.165) is 0 Å². The van der Waals surface area contributed by atoms with Gasteiger partial charge in [0.05, 0.1) is 7.11 Å². The van der Waals surface area contributed by atoms with Crippen molar-refractivity contribution >= 4 is 11.9 Å². The number of aryl methyl sites for hydroxylation is 1. The zero-order valence-corrected chi connectivity index (χ0v) is 15.1. The van der Waals surface area contributed by atoms with E-state index in [1.807, 2.05) is 0 Å². The van der Waals surface area contributed by atoms with Crippen molar-refractivity contribution in [1.82, 2.24) is 0 Å². The first-order chi connectivity index (χ1) is 11.6. The highest BCUT2D eigenvalue weighted by atomic mass is 16.6. The van der Waals surface area contributed by atoms with Crippen molar-refractivity contribution in [1.29, 1.82) is 0 Å². The van der Waals surface area contributed by atoms with E-state index in [4.69, 9.17) is 14.2 Å². The number of phenols is 1. The van der Waals surface area contributed by atoms with E-state index in [2.05, 4.69) is 0 Å². The predicted molar refractivity (Wildman–Crippen MR) is 90.3 cm³/mol. The molecule has 1 rings (SSSR count). The Kier molecular flexibility index (Phi) is 6.99. The summed E-state index contributed by atoms with van der Waals surface area (Å²) >= 11 is 0. The summed E-state index contributed by atoms with van der Waals surface area (Å²) < 4.78 is 15.2. The van der Waals surface area contributed by atoms with Gasteiger partial charge in [0.15, 0.2) is 5.60 Å². The molecule has 0 fully saturated rings. The van der Waals surface area contributed by atoms with Crippen molar-refractivity contribution < 1.29 is 34.0 Å². The smallest absolute Gasteiger partial charge is 0.333 e. The molecule has 0 spiro atoms. The molecule has 25 heavy (non-hydrogen) atoms. The molecule has 1 aromatic rings. The minimum absolute atomic E-state index is 0.0298. The van der Waals surface area contributed by atoms with Gasteiger partial charge in [0, 0.05) is 18.1 Å². The molecule has 0 radical (unpaired) electrons. The van der Waals surface area contributed by atoms with Gasteiger partial charge in [-0.3, -0.25) is 4.79 Å². The van der Waals surface area contributed by atoms with Crippen LogP contribution in [0.15, 0.2) is 23.8 Å². The Labute approximate surface area is 146 Å². The maximum atomic E-state index is 11.9. The third-order valence-corrected chi connectivity index (χ3v) is 3.73. The van der Waals surface area contributed by atoms with Gasteiger partial charge in [-0.2, -0.15) is 0 Å². The molecule has 0 aromatic heterocycles. The van der Waals surface area contributed by atoms with E-state index in [1.165, 1.54) is 26.2 Å². The number of ether oxygens (including phenoxy) is 3. The van der Waals surface area contributed by atoms with Gasteiger partial charge in [-0.15, -0.1) is 0 Å². The molecule has 2 N–H and O–H groups in total. The molecule has 1 atom stereocenters. The highest BCUT2D eigenvalue weighted by Gasteiger charge is 2.36. The van der Waals surface area contributed by atoms with Crippen LogP contribution in [0.3, 0.4) is 0 Å². The van der Waals surface area contributed by atoms with Crippen molar-refractivity contribution in [2.24, 2.45) is 0 Å². The molecule has 0 amide bonds. The summed E-state index contributed by atoms with van der Waals surface area (Å²) in [5.41, 5.74) is -0.886. The third-order valence-electron chi connectivity index (χ3n) is 3.73.